The summed E-state index contributed by atoms with van der Waals surface area (Å²) in [5.74, 6) is -0.709. The number of aryl methyl sites for hydroxylation is 1. The summed E-state index contributed by atoms with van der Waals surface area (Å²) >= 11 is 0. The number of esters is 1. The number of hydrogen-bond donors (Lipinski definition) is 1. The molecule has 0 atom stereocenters. The molecule has 3 aromatic rings. The lowest BCUT2D eigenvalue weighted by atomic mass is 10.1. The van der Waals surface area contributed by atoms with Crippen LogP contribution < -0.4 is 15.2 Å². The van der Waals surface area contributed by atoms with Crippen molar-refractivity contribution in [3.63, 3.8) is 0 Å². The Hall–Kier alpha value is -4.33. The minimum Gasteiger partial charge on any atom is -0.482 e. The summed E-state index contributed by atoms with van der Waals surface area (Å²) in [6, 6.07) is 18.2. The molecule has 34 heavy (non-hydrogen) atoms. The third-order valence-corrected chi connectivity index (χ3v) is 5.43. The molecule has 8 heteroatoms. The zero-order valence-electron chi connectivity index (χ0n) is 19.2. The number of hydrogen-bond acceptors (Lipinski definition) is 5. The van der Waals surface area contributed by atoms with Gasteiger partial charge in [-0.15, -0.1) is 0 Å². The molecule has 2 amide bonds. The summed E-state index contributed by atoms with van der Waals surface area (Å²) in [7, 11) is 0. The van der Waals surface area contributed by atoms with E-state index in [4.69, 9.17) is 9.47 Å². The van der Waals surface area contributed by atoms with E-state index in [1.54, 1.807) is 49.4 Å². The molecular formula is C26H25N3O5. The van der Waals surface area contributed by atoms with Crippen LogP contribution in [0.25, 0.3) is 11.8 Å². The first-order chi connectivity index (χ1) is 16.4. The Morgan fingerprint density at radius 3 is 2.38 bits per heavy atom. The topological polar surface area (TPSA) is 89.9 Å². The number of hydrazine groups is 1. The molecule has 1 saturated heterocycles. The molecule has 0 spiro atoms. The van der Waals surface area contributed by atoms with Crippen molar-refractivity contribution in [1.82, 2.24) is 9.99 Å². The number of nitrogens with one attached hydrogen (secondary N) is 1. The van der Waals surface area contributed by atoms with Gasteiger partial charge < -0.3 is 14.0 Å². The van der Waals surface area contributed by atoms with Crippen molar-refractivity contribution in [1.29, 1.82) is 0 Å². The molecule has 174 valence electrons. The van der Waals surface area contributed by atoms with E-state index in [1.807, 2.05) is 42.7 Å². The number of aromatic nitrogens is 1. The number of anilines is 1. The third kappa shape index (κ3) is 4.56. The van der Waals surface area contributed by atoms with Gasteiger partial charge in [0.05, 0.1) is 12.3 Å². The van der Waals surface area contributed by atoms with Crippen LogP contribution in [0.2, 0.25) is 0 Å². The maximum absolute atomic E-state index is 12.9. The molecule has 1 N–H and O–H groups in total. The third-order valence-electron chi connectivity index (χ3n) is 5.43. The highest BCUT2D eigenvalue weighted by atomic mass is 16.6. The number of para-hydroxylation sites is 1. The van der Waals surface area contributed by atoms with Gasteiger partial charge >= 0.3 is 5.97 Å². The van der Waals surface area contributed by atoms with Crippen LogP contribution in [0.15, 0.2) is 66.2 Å². The fourth-order valence-electron chi connectivity index (χ4n) is 3.84. The van der Waals surface area contributed by atoms with Gasteiger partial charge in [-0.1, -0.05) is 18.2 Å². The maximum atomic E-state index is 12.9. The van der Waals surface area contributed by atoms with Gasteiger partial charge in [-0.3, -0.25) is 15.0 Å². The number of carbonyl (C=O) groups excluding carboxylic acids is 3. The van der Waals surface area contributed by atoms with E-state index in [1.165, 1.54) is 5.01 Å². The SMILES string of the molecule is CCOC(=O)COc1ccc(-n2c(C)cc(/C=C3/C(=O)NN(c4ccccc4)C3=O)c2C)cc1. The lowest BCUT2D eigenvalue weighted by Crippen LogP contribution is -2.35. The Balaban J connectivity index is 1.56. The van der Waals surface area contributed by atoms with Crippen molar-refractivity contribution < 1.29 is 23.9 Å². The molecule has 1 fully saturated rings. The molecular weight excluding hydrogens is 434 g/mol. The van der Waals surface area contributed by atoms with Gasteiger partial charge in [0, 0.05) is 17.1 Å². The number of benzene rings is 2. The second-order valence-electron chi connectivity index (χ2n) is 7.72. The first-order valence-electron chi connectivity index (χ1n) is 10.9. The monoisotopic (exact) mass is 459 g/mol. The lowest BCUT2D eigenvalue weighted by Gasteiger charge is -2.13. The summed E-state index contributed by atoms with van der Waals surface area (Å²) in [5, 5.41) is 1.25. The minimum atomic E-state index is -0.443. The average molecular weight is 460 g/mol. The Labute approximate surface area is 197 Å². The quantitative estimate of drug-likeness (QED) is 0.332. The van der Waals surface area contributed by atoms with Gasteiger partial charge in [0.25, 0.3) is 11.8 Å². The van der Waals surface area contributed by atoms with Crippen LogP contribution in [0.5, 0.6) is 5.75 Å². The smallest absolute Gasteiger partial charge is 0.344 e. The predicted octanol–water partition coefficient (Wildman–Crippen LogP) is 3.50. The molecule has 0 radical (unpaired) electrons. The van der Waals surface area contributed by atoms with Gasteiger partial charge in [-0.05, 0) is 74.9 Å². The van der Waals surface area contributed by atoms with Crippen LogP contribution in [-0.2, 0) is 19.1 Å². The van der Waals surface area contributed by atoms with E-state index in [9.17, 15) is 14.4 Å². The van der Waals surface area contributed by atoms with Crippen LogP contribution in [0.3, 0.4) is 0 Å². The fourth-order valence-corrected chi connectivity index (χ4v) is 3.84. The molecule has 0 saturated carbocycles. The number of rotatable bonds is 7. The molecule has 1 aliphatic rings. The van der Waals surface area contributed by atoms with E-state index >= 15 is 0 Å². The zero-order valence-corrected chi connectivity index (χ0v) is 19.2. The van der Waals surface area contributed by atoms with Gasteiger partial charge in [0.1, 0.15) is 11.3 Å². The predicted molar refractivity (Wildman–Crippen MR) is 127 cm³/mol. The highest BCUT2D eigenvalue weighted by Gasteiger charge is 2.34. The number of amides is 2. The highest BCUT2D eigenvalue weighted by Crippen LogP contribution is 2.26. The van der Waals surface area contributed by atoms with Crippen molar-refractivity contribution >= 4 is 29.5 Å². The number of nitrogens with zero attached hydrogens (tertiary/aromatic N) is 2. The average Bonchev–Trinajstić information content (AvgIpc) is 3.28. The van der Waals surface area contributed by atoms with Crippen LogP contribution in [-0.4, -0.2) is 35.6 Å². The van der Waals surface area contributed by atoms with E-state index in [0.29, 0.717) is 18.0 Å². The standard InChI is InChI=1S/C26H25N3O5/c1-4-33-24(30)16-34-22-12-10-20(11-13-22)28-17(2)14-19(18(28)3)15-23-25(31)27-29(26(23)32)21-8-6-5-7-9-21/h5-15H,4,16H2,1-3H3,(H,27,31)/b23-15-. The van der Waals surface area contributed by atoms with Crippen LogP contribution >= 0.6 is 0 Å². The summed E-state index contributed by atoms with van der Waals surface area (Å²) in [6.45, 7) is 5.78. The molecule has 2 aromatic carbocycles. The zero-order chi connectivity index (χ0) is 24.2. The molecule has 1 aliphatic heterocycles. The first-order valence-corrected chi connectivity index (χ1v) is 10.9. The van der Waals surface area contributed by atoms with Gasteiger partial charge in [0.2, 0.25) is 0 Å². The highest BCUT2D eigenvalue weighted by molar-refractivity contribution is 6.31. The Kier molecular flexibility index (Phi) is 6.49. The van der Waals surface area contributed by atoms with Gasteiger partial charge in [0.15, 0.2) is 6.61 Å². The fraction of sp³-hybridized carbons (Fsp3) is 0.192. The second kappa shape index (κ2) is 9.66. The van der Waals surface area contributed by atoms with Crippen molar-refractivity contribution in [2.24, 2.45) is 0 Å². The summed E-state index contributed by atoms with van der Waals surface area (Å²) in [6.07, 6.45) is 1.62. The van der Waals surface area contributed by atoms with Gasteiger partial charge in [-0.25, -0.2) is 9.80 Å². The molecule has 1 aromatic heterocycles. The lowest BCUT2D eigenvalue weighted by molar-refractivity contribution is -0.145. The molecule has 4 rings (SSSR count). The minimum absolute atomic E-state index is 0.0758. The van der Waals surface area contributed by atoms with Crippen LogP contribution in [0, 0.1) is 13.8 Å². The van der Waals surface area contributed by atoms with E-state index in [-0.39, 0.29) is 12.2 Å². The summed E-state index contributed by atoms with van der Waals surface area (Å²) in [5.41, 5.74) is 6.77. The van der Waals surface area contributed by atoms with Crippen LogP contribution in [0.1, 0.15) is 23.9 Å². The van der Waals surface area contributed by atoms with E-state index in [0.717, 1.165) is 22.6 Å². The Morgan fingerprint density at radius 1 is 1.00 bits per heavy atom. The van der Waals surface area contributed by atoms with Gasteiger partial charge in [-0.2, -0.15) is 0 Å². The molecule has 0 unspecified atom stereocenters. The van der Waals surface area contributed by atoms with Crippen molar-refractivity contribution in [2.75, 3.05) is 18.2 Å². The number of carbonyl (C=O) groups is 3. The summed E-state index contributed by atoms with van der Waals surface area (Å²) in [4.78, 5) is 36.9. The normalized spacial score (nSPS) is 14.4. The van der Waals surface area contributed by atoms with E-state index in [2.05, 4.69) is 5.43 Å². The maximum Gasteiger partial charge on any atom is 0.344 e. The van der Waals surface area contributed by atoms with Crippen molar-refractivity contribution in [2.45, 2.75) is 20.8 Å². The number of ether oxygens (including phenoxy) is 2. The van der Waals surface area contributed by atoms with Crippen molar-refractivity contribution in [3.05, 3.63) is 83.2 Å². The largest absolute Gasteiger partial charge is 0.482 e. The summed E-state index contributed by atoms with van der Waals surface area (Å²) < 4.78 is 12.3. The molecule has 2 heterocycles. The molecule has 0 aliphatic carbocycles. The second-order valence-corrected chi connectivity index (χ2v) is 7.72. The van der Waals surface area contributed by atoms with Crippen molar-refractivity contribution in [3.8, 4) is 11.4 Å². The van der Waals surface area contributed by atoms with E-state index < -0.39 is 17.8 Å². The molecule has 0 bridgehead atoms. The first kappa shape index (κ1) is 22.8. The Bertz CT molecular complexity index is 1260. The van der Waals surface area contributed by atoms with Crippen LogP contribution in [0.4, 0.5) is 5.69 Å². The Morgan fingerprint density at radius 2 is 1.71 bits per heavy atom. The molecule has 8 nitrogen and oxygen atoms in total.